The molecule has 1 rings (SSSR count). The minimum atomic E-state index is -1.15. The monoisotopic (exact) mass is 161 g/mol. The van der Waals surface area contributed by atoms with Gasteiger partial charge in [0.25, 0.3) is 0 Å². The number of aromatic carboxylic acids is 1. The van der Waals surface area contributed by atoms with Gasteiger partial charge in [0.2, 0.25) is 0 Å². The van der Waals surface area contributed by atoms with Crippen molar-refractivity contribution in [2.24, 2.45) is 0 Å². The minimum Gasteiger partial charge on any atom is -0.543 e. The van der Waals surface area contributed by atoms with Crippen molar-refractivity contribution in [1.82, 2.24) is 4.98 Å². The minimum absolute atomic E-state index is 0. The zero-order valence-electron chi connectivity index (χ0n) is 6.89. The summed E-state index contributed by atoms with van der Waals surface area (Å²) in [5.41, 5.74) is 1.74. The van der Waals surface area contributed by atoms with Crippen LogP contribution in [0.2, 0.25) is 0 Å². The number of aromatic amines is 1. The predicted molar refractivity (Wildman–Crippen MR) is 34.6 cm³/mol. The Morgan fingerprint density at radius 2 is 2.09 bits per heavy atom. The van der Waals surface area contributed by atoms with Gasteiger partial charge in [-0.2, -0.15) is 0 Å². The van der Waals surface area contributed by atoms with Crippen LogP contribution in [0.1, 0.15) is 21.7 Å². The van der Waals surface area contributed by atoms with Crippen LogP contribution in [0.5, 0.6) is 0 Å². The van der Waals surface area contributed by atoms with Gasteiger partial charge in [-0.25, -0.2) is 0 Å². The molecule has 1 aromatic rings. The van der Waals surface area contributed by atoms with Gasteiger partial charge >= 0.3 is 29.6 Å². The molecule has 0 saturated carbocycles. The van der Waals surface area contributed by atoms with Crippen LogP contribution in [0.3, 0.4) is 0 Å². The Labute approximate surface area is 87.1 Å². The van der Waals surface area contributed by atoms with Crippen LogP contribution in [-0.2, 0) is 0 Å². The Bertz CT molecular complexity index is 267. The van der Waals surface area contributed by atoms with Crippen molar-refractivity contribution in [3.8, 4) is 0 Å². The van der Waals surface area contributed by atoms with E-state index in [4.69, 9.17) is 0 Å². The first-order valence-electron chi connectivity index (χ1n) is 2.99. The number of H-pyrrole nitrogens is 1. The first kappa shape index (κ1) is 10.8. The van der Waals surface area contributed by atoms with E-state index in [2.05, 4.69) is 4.98 Å². The molecular weight excluding hydrogens is 153 g/mol. The van der Waals surface area contributed by atoms with Gasteiger partial charge in [0, 0.05) is 5.69 Å². The van der Waals surface area contributed by atoms with Crippen LogP contribution < -0.4 is 34.7 Å². The number of carboxylic acid groups (broad SMARTS) is 1. The normalized spacial score (nSPS) is 8.91. The Hall–Kier alpha value is -0.250. The van der Waals surface area contributed by atoms with Gasteiger partial charge in [0.1, 0.15) is 0 Å². The zero-order chi connectivity index (χ0) is 7.72. The number of hydrogen-bond acceptors (Lipinski definition) is 2. The van der Waals surface area contributed by atoms with E-state index in [1.54, 1.807) is 19.9 Å². The molecule has 0 unspecified atom stereocenters. The average Bonchev–Trinajstić information content (AvgIpc) is 2.10. The number of aryl methyl sites for hydroxylation is 2. The molecule has 0 spiro atoms. The van der Waals surface area contributed by atoms with Gasteiger partial charge < -0.3 is 14.9 Å². The smallest absolute Gasteiger partial charge is 0.543 e. The number of rotatable bonds is 1. The summed E-state index contributed by atoms with van der Waals surface area (Å²) in [5, 5.41) is 10.3. The Balaban J connectivity index is 0.000001000. The van der Waals surface area contributed by atoms with Crippen molar-refractivity contribution < 1.29 is 39.5 Å². The van der Waals surface area contributed by atoms with Gasteiger partial charge in [-0.3, -0.25) is 0 Å². The first-order chi connectivity index (χ1) is 4.61. The van der Waals surface area contributed by atoms with E-state index < -0.39 is 5.97 Å². The number of aromatic nitrogens is 1. The molecule has 0 aliphatic rings. The van der Waals surface area contributed by atoms with Gasteiger partial charge in [-0.15, -0.1) is 0 Å². The standard InChI is InChI=1S/C7H9NO2.Na/c1-4-3-5(2)8-6(4)7(9)10;/h3,8H,1-2H3,(H,9,10);/q;+1/p-1. The number of carboxylic acids is 1. The Morgan fingerprint density at radius 1 is 1.55 bits per heavy atom. The largest absolute Gasteiger partial charge is 1.00 e. The molecule has 54 valence electrons. The summed E-state index contributed by atoms with van der Waals surface area (Å²) >= 11 is 0. The third kappa shape index (κ3) is 2.36. The van der Waals surface area contributed by atoms with Crippen molar-refractivity contribution in [2.45, 2.75) is 13.8 Å². The van der Waals surface area contributed by atoms with Crippen molar-refractivity contribution >= 4 is 5.97 Å². The van der Waals surface area contributed by atoms with E-state index >= 15 is 0 Å². The first-order valence-corrected chi connectivity index (χ1v) is 2.99. The van der Waals surface area contributed by atoms with E-state index in [-0.39, 0.29) is 35.3 Å². The van der Waals surface area contributed by atoms with Crippen LogP contribution >= 0.6 is 0 Å². The molecule has 0 fully saturated rings. The fourth-order valence-electron chi connectivity index (χ4n) is 0.941. The average molecular weight is 161 g/mol. The SMILES string of the molecule is Cc1cc(C)c(C(=O)[O-])[nH]1.[Na+]. The van der Waals surface area contributed by atoms with Crippen LogP contribution in [-0.4, -0.2) is 11.0 Å². The van der Waals surface area contributed by atoms with Crippen LogP contribution in [0.15, 0.2) is 6.07 Å². The molecule has 4 heteroatoms. The molecule has 0 aliphatic carbocycles. The summed E-state index contributed by atoms with van der Waals surface area (Å²) < 4.78 is 0. The topological polar surface area (TPSA) is 55.9 Å². The molecule has 1 heterocycles. The molecule has 3 nitrogen and oxygen atoms in total. The molecular formula is C7H8NNaO2. The van der Waals surface area contributed by atoms with E-state index in [0.717, 1.165) is 11.3 Å². The molecule has 0 atom stereocenters. The third-order valence-corrected chi connectivity index (χ3v) is 1.35. The van der Waals surface area contributed by atoms with Gasteiger partial charge in [0.15, 0.2) is 0 Å². The molecule has 0 bridgehead atoms. The fourth-order valence-corrected chi connectivity index (χ4v) is 0.941. The second kappa shape index (κ2) is 3.95. The summed E-state index contributed by atoms with van der Waals surface area (Å²) in [5.74, 6) is -1.15. The molecule has 0 aromatic carbocycles. The molecule has 1 aromatic heterocycles. The Kier molecular flexibility index (Phi) is 3.86. The maximum Gasteiger partial charge on any atom is 1.00 e. The predicted octanol–water partition coefficient (Wildman–Crippen LogP) is -3.00. The van der Waals surface area contributed by atoms with Gasteiger partial charge in [0.05, 0.1) is 11.7 Å². The van der Waals surface area contributed by atoms with Gasteiger partial charge in [-0.1, -0.05) is 0 Å². The molecule has 1 N–H and O–H groups in total. The molecule has 0 aliphatic heterocycles. The van der Waals surface area contributed by atoms with E-state index in [1.807, 2.05) is 0 Å². The summed E-state index contributed by atoms with van der Waals surface area (Å²) in [4.78, 5) is 13.0. The van der Waals surface area contributed by atoms with Gasteiger partial charge in [-0.05, 0) is 25.5 Å². The van der Waals surface area contributed by atoms with Crippen molar-refractivity contribution in [3.63, 3.8) is 0 Å². The molecule has 11 heavy (non-hydrogen) atoms. The maximum absolute atomic E-state index is 10.3. The summed E-state index contributed by atoms with van der Waals surface area (Å²) in [6, 6.07) is 1.77. The number of hydrogen-bond donors (Lipinski definition) is 1. The van der Waals surface area contributed by atoms with E-state index in [9.17, 15) is 9.90 Å². The molecule has 0 radical (unpaired) electrons. The summed E-state index contributed by atoms with van der Waals surface area (Å²) in [6.07, 6.45) is 0. The van der Waals surface area contributed by atoms with E-state index in [1.165, 1.54) is 0 Å². The van der Waals surface area contributed by atoms with Crippen LogP contribution in [0, 0.1) is 13.8 Å². The van der Waals surface area contributed by atoms with Crippen LogP contribution in [0.25, 0.3) is 0 Å². The molecule has 0 amide bonds. The van der Waals surface area contributed by atoms with Crippen molar-refractivity contribution in [3.05, 3.63) is 23.0 Å². The maximum atomic E-state index is 10.3. The third-order valence-electron chi connectivity index (χ3n) is 1.35. The molecule has 0 saturated heterocycles. The number of carbonyl (C=O) groups excluding carboxylic acids is 1. The van der Waals surface area contributed by atoms with Crippen molar-refractivity contribution in [2.75, 3.05) is 0 Å². The quantitative estimate of drug-likeness (QED) is 0.446. The summed E-state index contributed by atoms with van der Waals surface area (Å²) in [6.45, 7) is 3.54. The van der Waals surface area contributed by atoms with Crippen molar-refractivity contribution in [1.29, 1.82) is 0 Å². The van der Waals surface area contributed by atoms with Crippen LogP contribution in [0.4, 0.5) is 0 Å². The number of carbonyl (C=O) groups is 1. The van der Waals surface area contributed by atoms with E-state index in [0.29, 0.717) is 0 Å². The fraction of sp³-hybridized carbons (Fsp3) is 0.286. The second-order valence-corrected chi connectivity index (χ2v) is 2.30. The Morgan fingerprint density at radius 3 is 2.27 bits per heavy atom. The zero-order valence-corrected chi connectivity index (χ0v) is 8.89. The summed E-state index contributed by atoms with van der Waals surface area (Å²) in [7, 11) is 0. The second-order valence-electron chi connectivity index (χ2n) is 2.30. The number of nitrogens with one attached hydrogen (secondary N) is 1.